The summed E-state index contributed by atoms with van der Waals surface area (Å²) in [6.07, 6.45) is 3.94. The molecule has 1 saturated heterocycles. The van der Waals surface area contributed by atoms with Crippen LogP contribution in [0.5, 0.6) is 0 Å². The lowest BCUT2D eigenvalue weighted by molar-refractivity contribution is 0.189. The normalized spacial score (nSPS) is 16.4. The van der Waals surface area contributed by atoms with Gasteiger partial charge in [0, 0.05) is 56.4 Å². The van der Waals surface area contributed by atoms with Gasteiger partial charge in [0.25, 0.3) is 0 Å². The van der Waals surface area contributed by atoms with Crippen LogP contribution < -0.4 is 10.7 Å². The molecular formula is C24H27FN4O2. The van der Waals surface area contributed by atoms with Crippen LogP contribution in [0.4, 0.5) is 10.1 Å². The molecule has 5 rings (SSSR count). The van der Waals surface area contributed by atoms with Crippen LogP contribution in [0.25, 0.3) is 22.0 Å². The first-order chi connectivity index (χ1) is 15.0. The Morgan fingerprint density at radius 3 is 2.77 bits per heavy atom. The zero-order valence-electron chi connectivity index (χ0n) is 17.9. The van der Waals surface area contributed by atoms with Crippen LogP contribution in [0, 0.1) is 5.82 Å². The number of halogens is 1. The van der Waals surface area contributed by atoms with E-state index in [2.05, 4.69) is 21.7 Å². The Hall–Kier alpha value is -3.06. The molecule has 7 heteroatoms. The summed E-state index contributed by atoms with van der Waals surface area (Å²) in [5.41, 5.74) is 4.64. The summed E-state index contributed by atoms with van der Waals surface area (Å²) >= 11 is 0. The fourth-order valence-electron chi connectivity index (χ4n) is 4.69. The second-order valence-corrected chi connectivity index (χ2v) is 8.47. The van der Waals surface area contributed by atoms with Gasteiger partial charge in [-0.25, -0.2) is 9.18 Å². The summed E-state index contributed by atoms with van der Waals surface area (Å²) in [6.45, 7) is 5.96. The summed E-state index contributed by atoms with van der Waals surface area (Å²) in [6, 6.07) is 11.3. The van der Waals surface area contributed by atoms with E-state index in [9.17, 15) is 9.18 Å². The maximum absolute atomic E-state index is 13.6. The van der Waals surface area contributed by atoms with E-state index in [0.29, 0.717) is 11.6 Å². The average Bonchev–Trinajstić information content (AvgIpc) is 3.32. The Kier molecular flexibility index (Phi) is 5.06. The average molecular weight is 423 g/mol. The highest BCUT2D eigenvalue weighted by Crippen LogP contribution is 2.28. The minimum atomic E-state index is -0.327. The van der Waals surface area contributed by atoms with Gasteiger partial charge in [0.15, 0.2) is 5.58 Å². The van der Waals surface area contributed by atoms with Crippen molar-refractivity contribution in [1.82, 2.24) is 14.5 Å². The molecule has 6 nitrogen and oxygen atoms in total. The number of oxazole rings is 1. The van der Waals surface area contributed by atoms with Crippen LogP contribution in [0.15, 0.2) is 51.8 Å². The Morgan fingerprint density at radius 1 is 1.16 bits per heavy atom. The maximum atomic E-state index is 13.6. The van der Waals surface area contributed by atoms with E-state index in [1.54, 1.807) is 23.7 Å². The van der Waals surface area contributed by atoms with E-state index >= 15 is 0 Å². The number of anilines is 1. The van der Waals surface area contributed by atoms with Gasteiger partial charge in [-0.15, -0.1) is 0 Å². The summed E-state index contributed by atoms with van der Waals surface area (Å²) in [5.74, 6) is -0.520. The van der Waals surface area contributed by atoms with Gasteiger partial charge in [-0.05, 0) is 55.7 Å². The molecule has 31 heavy (non-hydrogen) atoms. The van der Waals surface area contributed by atoms with E-state index in [1.165, 1.54) is 11.6 Å². The van der Waals surface area contributed by atoms with Crippen molar-refractivity contribution < 1.29 is 8.81 Å². The number of nitrogens with one attached hydrogen (secondary N) is 1. The molecule has 1 N–H and O–H groups in total. The Morgan fingerprint density at radius 2 is 1.97 bits per heavy atom. The third-order valence-corrected chi connectivity index (χ3v) is 6.64. The standard InChI is InChI=1S/C24H27FN4O2/c1-16(6-7-17-15-26-20-9-8-18(25)14-19(17)20)28-10-12-29(13-11-28)22-5-3-4-21-23(22)31-24(30)27(21)2/h3-5,8-9,14-16,26H,6-7,10-13H2,1-2H3. The number of aromatic amines is 1. The van der Waals surface area contributed by atoms with Crippen molar-refractivity contribution >= 4 is 27.7 Å². The van der Waals surface area contributed by atoms with Crippen molar-refractivity contribution in [3.63, 3.8) is 0 Å². The summed E-state index contributed by atoms with van der Waals surface area (Å²) in [4.78, 5) is 20.0. The Labute approximate surface area is 179 Å². The monoisotopic (exact) mass is 422 g/mol. The molecule has 0 saturated carbocycles. The number of piperazine rings is 1. The van der Waals surface area contributed by atoms with Crippen LogP contribution >= 0.6 is 0 Å². The minimum absolute atomic E-state index is 0.193. The highest BCUT2D eigenvalue weighted by molar-refractivity contribution is 5.87. The number of aromatic nitrogens is 2. The van der Waals surface area contributed by atoms with Crippen LogP contribution in [0.1, 0.15) is 18.9 Å². The van der Waals surface area contributed by atoms with Crippen molar-refractivity contribution in [2.75, 3.05) is 31.1 Å². The molecule has 0 aliphatic carbocycles. The van der Waals surface area contributed by atoms with E-state index in [0.717, 1.165) is 61.1 Å². The van der Waals surface area contributed by atoms with Crippen molar-refractivity contribution in [3.05, 3.63) is 64.5 Å². The van der Waals surface area contributed by atoms with Gasteiger partial charge in [0.1, 0.15) is 5.82 Å². The number of aryl methyl sites for hydroxylation is 2. The zero-order chi connectivity index (χ0) is 21.5. The number of para-hydroxylation sites is 1. The third kappa shape index (κ3) is 3.63. The number of H-pyrrole nitrogens is 1. The first-order valence-electron chi connectivity index (χ1n) is 10.8. The first kappa shape index (κ1) is 19.9. The zero-order valence-corrected chi connectivity index (χ0v) is 17.9. The quantitative estimate of drug-likeness (QED) is 0.530. The van der Waals surface area contributed by atoms with Crippen molar-refractivity contribution in [1.29, 1.82) is 0 Å². The number of hydrogen-bond acceptors (Lipinski definition) is 4. The lowest BCUT2D eigenvalue weighted by Crippen LogP contribution is -2.49. The molecule has 2 aromatic carbocycles. The molecule has 0 amide bonds. The summed E-state index contributed by atoms with van der Waals surface area (Å²) in [5, 5.41) is 0.981. The van der Waals surface area contributed by atoms with Crippen LogP contribution in [-0.2, 0) is 13.5 Å². The Bertz CT molecular complexity index is 1280. The molecule has 1 fully saturated rings. The lowest BCUT2D eigenvalue weighted by Gasteiger charge is -2.39. The number of fused-ring (bicyclic) bond motifs is 2. The summed E-state index contributed by atoms with van der Waals surface area (Å²) < 4.78 is 20.7. The SMILES string of the molecule is CC(CCc1c[nH]c2ccc(F)cc12)N1CCN(c2cccc3c2oc(=O)n3C)CC1. The second kappa shape index (κ2) is 7.89. The predicted molar refractivity (Wildman–Crippen MR) is 121 cm³/mol. The van der Waals surface area contributed by atoms with Gasteiger partial charge < -0.3 is 14.3 Å². The molecule has 1 atom stereocenters. The molecule has 162 valence electrons. The van der Waals surface area contributed by atoms with Gasteiger partial charge in [0.05, 0.1) is 11.2 Å². The smallest absolute Gasteiger partial charge is 0.405 e. The molecule has 1 aliphatic rings. The number of nitrogens with zero attached hydrogens (tertiary/aromatic N) is 3. The van der Waals surface area contributed by atoms with E-state index in [4.69, 9.17) is 4.42 Å². The summed E-state index contributed by atoms with van der Waals surface area (Å²) in [7, 11) is 1.74. The number of rotatable bonds is 5. The fourth-order valence-corrected chi connectivity index (χ4v) is 4.69. The fraction of sp³-hybridized carbons (Fsp3) is 0.375. The molecule has 0 bridgehead atoms. The molecule has 2 aromatic heterocycles. The highest BCUT2D eigenvalue weighted by atomic mass is 19.1. The highest BCUT2D eigenvalue weighted by Gasteiger charge is 2.24. The minimum Gasteiger partial charge on any atom is -0.405 e. The maximum Gasteiger partial charge on any atom is 0.419 e. The van der Waals surface area contributed by atoms with Gasteiger partial charge in [-0.1, -0.05) is 6.07 Å². The number of benzene rings is 2. The molecule has 1 unspecified atom stereocenters. The molecule has 0 radical (unpaired) electrons. The second-order valence-electron chi connectivity index (χ2n) is 8.47. The molecule has 4 aromatic rings. The van der Waals surface area contributed by atoms with Gasteiger partial charge in [-0.2, -0.15) is 0 Å². The van der Waals surface area contributed by atoms with Crippen molar-refractivity contribution in [2.45, 2.75) is 25.8 Å². The molecule has 1 aliphatic heterocycles. The molecule has 3 heterocycles. The largest absolute Gasteiger partial charge is 0.419 e. The topological polar surface area (TPSA) is 57.4 Å². The predicted octanol–water partition coefficient (Wildman–Crippen LogP) is 3.90. The van der Waals surface area contributed by atoms with Crippen molar-refractivity contribution in [3.8, 4) is 0 Å². The van der Waals surface area contributed by atoms with Gasteiger partial charge >= 0.3 is 5.76 Å². The molecule has 0 spiro atoms. The first-order valence-corrected chi connectivity index (χ1v) is 10.8. The van der Waals surface area contributed by atoms with E-state index < -0.39 is 0 Å². The van der Waals surface area contributed by atoms with E-state index in [1.807, 2.05) is 24.4 Å². The Balaban J connectivity index is 1.23. The third-order valence-electron chi connectivity index (χ3n) is 6.64. The van der Waals surface area contributed by atoms with Crippen LogP contribution in [-0.4, -0.2) is 46.7 Å². The molecular weight excluding hydrogens is 395 g/mol. The van der Waals surface area contributed by atoms with E-state index in [-0.39, 0.29) is 11.6 Å². The van der Waals surface area contributed by atoms with Crippen LogP contribution in [0.2, 0.25) is 0 Å². The van der Waals surface area contributed by atoms with Crippen LogP contribution in [0.3, 0.4) is 0 Å². The van der Waals surface area contributed by atoms with Crippen molar-refractivity contribution in [2.24, 2.45) is 7.05 Å². The number of hydrogen-bond donors (Lipinski definition) is 1. The lowest BCUT2D eigenvalue weighted by atomic mass is 10.0. The van der Waals surface area contributed by atoms with Gasteiger partial charge in [0.2, 0.25) is 0 Å². The van der Waals surface area contributed by atoms with Gasteiger partial charge in [-0.3, -0.25) is 9.47 Å².